The molecule has 0 unspecified atom stereocenters. The van der Waals surface area contributed by atoms with Crippen LogP contribution in [0.2, 0.25) is 0 Å². The number of aromatic nitrogens is 4. The third-order valence-corrected chi connectivity index (χ3v) is 6.18. The van der Waals surface area contributed by atoms with E-state index in [1.54, 1.807) is 30.5 Å². The van der Waals surface area contributed by atoms with Crippen LogP contribution in [0.1, 0.15) is 25.1 Å². The van der Waals surface area contributed by atoms with Crippen molar-refractivity contribution in [3.63, 3.8) is 0 Å². The topological polar surface area (TPSA) is 128 Å². The van der Waals surface area contributed by atoms with Gasteiger partial charge in [-0.25, -0.2) is 4.79 Å². The number of alkyl halides is 3. The summed E-state index contributed by atoms with van der Waals surface area (Å²) in [6, 6.07) is 9.69. The van der Waals surface area contributed by atoms with Crippen molar-refractivity contribution in [2.75, 3.05) is 19.5 Å². The number of ether oxygens (including phenoxy) is 2. The molecule has 0 fully saturated rings. The fraction of sp³-hybridized carbons (Fsp3) is 0.269. The standard InChI is InChI=1S/C26H24F3N5O5/c1-25(2,26(27,28)29)21-11-22(34(33-21)24(36)37)32-23(35)7-14-5-6-17(30-12-14)16-8-15-9-19(38-3)20(39-4)10-18(15)31-13-16/h5-6,8-13H,7H2,1-4H3,(H,32,35)(H,36,37). The normalized spacial score (nSPS) is 11.9. The molecule has 3 aromatic heterocycles. The highest BCUT2D eigenvalue weighted by molar-refractivity contribution is 5.93. The summed E-state index contributed by atoms with van der Waals surface area (Å²) in [6.45, 7) is 1.75. The van der Waals surface area contributed by atoms with Gasteiger partial charge in [0.25, 0.3) is 0 Å². The van der Waals surface area contributed by atoms with E-state index >= 15 is 0 Å². The first-order valence-corrected chi connectivity index (χ1v) is 11.5. The number of carboxylic acid groups (broad SMARTS) is 1. The molecule has 2 N–H and O–H groups in total. The van der Waals surface area contributed by atoms with Gasteiger partial charge < -0.3 is 19.9 Å². The maximum atomic E-state index is 13.4. The van der Waals surface area contributed by atoms with E-state index in [1.807, 2.05) is 6.07 Å². The number of pyridine rings is 2. The molecule has 1 aromatic carbocycles. The summed E-state index contributed by atoms with van der Waals surface area (Å²) >= 11 is 0. The number of nitrogens with one attached hydrogen (secondary N) is 1. The molecule has 0 atom stereocenters. The number of carbonyl (C=O) groups is 2. The summed E-state index contributed by atoms with van der Waals surface area (Å²) in [7, 11) is 3.07. The number of hydrogen-bond acceptors (Lipinski definition) is 7. The number of fused-ring (bicyclic) bond motifs is 1. The Balaban J connectivity index is 1.51. The van der Waals surface area contributed by atoms with Crippen LogP contribution in [0.15, 0.2) is 48.8 Å². The van der Waals surface area contributed by atoms with Crippen LogP contribution >= 0.6 is 0 Å². The molecule has 39 heavy (non-hydrogen) atoms. The zero-order valence-corrected chi connectivity index (χ0v) is 21.3. The molecule has 0 aliphatic carbocycles. The number of hydrogen-bond donors (Lipinski definition) is 2. The Labute approximate surface area is 220 Å². The Morgan fingerprint density at radius 3 is 2.28 bits per heavy atom. The van der Waals surface area contributed by atoms with Crippen molar-refractivity contribution in [1.82, 2.24) is 19.7 Å². The second kappa shape index (κ2) is 10.2. The quantitative estimate of drug-likeness (QED) is 0.331. The van der Waals surface area contributed by atoms with E-state index in [0.29, 0.717) is 33.0 Å². The van der Waals surface area contributed by atoms with Crippen LogP contribution < -0.4 is 14.8 Å². The van der Waals surface area contributed by atoms with E-state index in [2.05, 4.69) is 20.4 Å². The van der Waals surface area contributed by atoms with Crippen LogP contribution in [0.25, 0.3) is 22.2 Å². The summed E-state index contributed by atoms with van der Waals surface area (Å²) in [5.41, 5.74) is -0.469. The van der Waals surface area contributed by atoms with Crippen LogP contribution in [0, 0.1) is 0 Å². The first kappa shape index (κ1) is 27.4. The minimum atomic E-state index is -4.68. The zero-order chi connectivity index (χ0) is 28.5. The number of amides is 1. The third-order valence-electron chi connectivity index (χ3n) is 6.18. The molecule has 10 nitrogen and oxygen atoms in total. The smallest absolute Gasteiger partial charge is 0.434 e. The molecule has 0 spiro atoms. The molecular weight excluding hydrogens is 519 g/mol. The first-order valence-electron chi connectivity index (χ1n) is 11.5. The predicted molar refractivity (Wildman–Crippen MR) is 135 cm³/mol. The summed E-state index contributed by atoms with van der Waals surface area (Å²) < 4.78 is 51.2. The fourth-order valence-electron chi connectivity index (χ4n) is 3.73. The van der Waals surface area contributed by atoms with E-state index < -0.39 is 35.1 Å². The summed E-state index contributed by atoms with van der Waals surface area (Å²) in [5.74, 6) is 0.0599. The summed E-state index contributed by atoms with van der Waals surface area (Å²) in [6.07, 6.45) is -3.40. The number of halogens is 3. The third kappa shape index (κ3) is 5.47. The number of carbonyl (C=O) groups excluding carboxylic acids is 1. The fourth-order valence-corrected chi connectivity index (χ4v) is 3.73. The maximum Gasteiger partial charge on any atom is 0.434 e. The van der Waals surface area contributed by atoms with Crippen molar-refractivity contribution in [1.29, 1.82) is 0 Å². The second-order valence-electron chi connectivity index (χ2n) is 9.13. The van der Waals surface area contributed by atoms with Gasteiger partial charge in [0, 0.05) is 35.5 Å². The van der Waals surface area contributed by atoms with Crippen LogP contribution in [-0.4, -0.2) is 57.3 Å². The van der Waals surface area contributed by atoms with Gasteiger partial charge in [-0.2, -0.15) is 18.3 Å². The van der Waals surface area contributed by atoms with Crippen molar-refractivity contribution in [2.45, 2.75) is 31.9 Å². The highest BCUT2D eigenvalue weighted by atomic mass is 19.4. The molecule has 0 bridgehead atoms. The van der Waals surface area contributed by atoms with Gasteiger partial charge in [-0.1, -0.05) is 6.07 Å². The Kier molecular flexibility index (Phi) is 7.18. The van der Waals surface area contributed by atoms with Crippen molar-refractivity contribution in [3.05, 3.63) is 60.0 Å². The van der Waals surface area contributed by atoms with Gasteiger partial charge in [-0.3, -0.25) is 14.8 Å². The van der Waals surface area contributed by atoms with Gasteiger partial charge in [0.1, 0.15) is 11.2 Å². The van der Waals surface area contributed by atoms with Gasteiger partial charge >= 0.3 is 12.3 Å². The molecule has 0 aliphatic heterocycles. The van der Waals surface area contributed by atoms with Crippen LogP contribution in [0.5, 0.6) is 11.5 Å². The van der Waals surface area contributed by atoms with Crippen molar-refractivity contribution in [2.24, 2.45) is 0 Å². The Bertz CT molecular complexity index is 1550. The molecule has 4 rings (SSSR count). The van der Waals surface area contributed by atoms with Crippen molar-refractivity contribution >= 4 is 28.7 Å². The van der Waals surface area contributed by atoms with Crippen LogP contribution in [-0.2, 0) is 16.6 Å². The molecule has 0 saturated heterocycles. The minimum absolute atomic E-state index is 0.205. The van der Waals surface area contributed by atoms with Crippen LogP contribution in [0.3, 0.4) is 0 Å². The van der Waals surface area contributed by atoms with Gasteiger partial charge in [0.15, 0.2) is 11.5 Å². The SMILES string of the molecule is COc1cc2cc(-c3ccc(CC(=O)Nc4cc(C(C)(C)C(F)(F)F)nn4C(=O)O)cn3)cnc2cc1OC. The number of rotatable bonds is 7. The van der Waals surface area contributed by atoms with E-state index in [-0.39, 0.29) is 6.42 Å². The molecule has 3 heterocycles. The number of methoxy groups -OCH3 is 2. The predicted octanol–water partition coefficient (Wildman–Crippen LogP) is 5.06. The zero-order valence-electron chi connectivity index (χ0n) is 21.3. The maximum absolute atomic E-state index is 13.4. The molecule has 0 aliphatic rings. The Morgan fingerprint density at radius 1 is 1.00 bits per heavy atom. The molecule has 1 amide bonds. The lowest BCUT2D eigenvalue weighted by Crippen LogP contribution is -2.37. The molecule has 204 valence electrons. The van der Waals surface area contributed by atoms with E-state index in [0.717, 1.165) is 30.9 Å². The molecule has 13 heteroatoms. The van der Waals surface area contributed by atoms with E-state index in [1.165, 1.54) is 20.4 Å². The van der Waals surface area contributed by atoms with Crippen LogP contribution in [0.4, 0.5) is 23.8 Å². The lowest BCUT2D eigenvalue weighted by Gasteiger charge is -2.25. The minimum Gasteiger partial charge on any atom is -0.493 e. The Morgan fingerprint density at radius 2 is 1.69 bits per heavy atom. The molecular formula is C26H24F3N5O5. The average Bonchev–Trinajstić information content (AvgIpc) is 3.32. The molecule has 0 saturated carbocycles. The highest BCUT2D eigenvalue weighted by Crippen LogP contribution is 2.40. The van der Waals surface area contributed by atoms with Crippen molar-refractivity contribution < 1.29 is 37.3 Å². The Hall–Kier alpha value is -4.68. The van der Waals surface area contributed by atoms with Crippen molar-refractivity contribution in [3.8, 4) is 22.8 Å². The van der Waals surface area contributed by atoms with Gasteiger partial charge in [-0.05, 0) is 37.6 Å². The second-order valence-corrected chi connectivity index (χ2v) is 9.13. The average molecular weight is 544 g/mol. The van der Waals surface area contributed by atoms with E-state index in [9.17, 15) is 27.9 Å². The number of nitrogens with zero attached hydrogens (tertiary/aromatic N) is 4. The summed E-state index contributed by atoms with van der Waals surface area (Å²) in [5, 5.41) is 16.0. The largest absolute Gasteiger partial charge is 0.493 e. The monoisotopic (exact) mass is 543 g/mol. The van der Waals surface area contributed by atoms with E-state index in [4.69, 9.17) is 9.47 Å². The molecule has 4 aromatic rings. The highest BCUT2D eigenvalue weighted by Gasteiger charge is 2.50. The van der Waals surface area contributed by atoms with Gasteiger partial charge in [-0.15, -0.1) is 4.68 Å². The molecule has 0 radical (unpaired) electrons. The lowest BCUT2D eigenvalue weighted by atomic mass is 9.89. The number of anilines is 1. The van der Waals surface area contributed by atoms with Gasteiger partial charge in [0.2, 0.25) is 5.91 Å². The number of benzene rings is 1. The lowest BCUT2D eigenvalue weighted by molar-refractivity contribution is -0.181. The first-order chi connectivity index (χ1) is 18.3. The summed E-state index contributed by atoms with van der Waals surface area (Å²) in [4.78, 5) is 33.0. The van der Waals surface area contributed by atoms with Gasteiger partial charge in [0.05, 0.1) is 37.5 Å².